The van der Waals surface area contributed by atoms with Crippen LogP contribution in [0.25, 0.3) is 11.3 Å². The van der Waals surface area contributed by atoms with Gasteiger partial charge in [-0.05, 0) is 18.6 Å². The largest absolute Gasteiger partial charge is 0.497 e. The normalized spacial score (nSPS) is 10.5. The van der Waals surface area contributed by atoms with Gasteiger partial charge >= 0.3 is 0 Å². The lowest BCUT2D eigenvalue weighted by Gasteiger charge is -2.11. The van der Waals surface area contributed by atoms with Gasteiger partial charge in [-0.2, -0.15) is 0 Å². The Balaban J connectivity index is 2.55. The molecule has 4 nitrogen and oxygen atoms in total. The second kappa shape index (κ2) is 5.65. The summed E-state index contributed by atoms with van der Waals surface area (Å²) in [5.41, 5.74) is 7.60. The van der Waals surface area contributed by atoms with Crippen molar-refractivity contribution in [3.05, 3.63) is 35.9 Å². The number of hydrogen-bond donors (Lipinski definition) is 1. The molecule has 0 aliphatic carbocycles. The maximum atomic E-state index is 14.1. The van der Waals surface area contributed by atoms with Crippen LogP contribution in [0.1, 0.15) is 18.9 Å². The zero-order chi connectivity index (χ0) is 13.8. The van der Waals surface area contributed by atoms with Gasteiger partial charge in [0.2, 0.25) is 0 Å². The molecule has 1 aromatic carbocycles. The van der Waals surface area contributed by atoms with Gasteiger partial charge in [-0.3, -0.25) is 0 Å². The third-order valence-electron chi connectivity index (χ3n) is 2.91. The molecular formula is C14H16FN3O. The predicted octanol–water partition coefficient (Wildman–Crippen LogP) is 2.83. The molecule has 2 aromatic rings. The van der Waals surface area contributed by atoms with Gasteiger partial charge in [-0.1, -0.05) is 13.3 Å². The second-order valence-electron chi connectivity index (χ2n) is 4.18. The lowest BCUT2D eigenvalue weighted by Crippen LogP contribution is -2.03. The van der Waals surface area contributed by atoms with Crippen molar-refractivity contribution in [2.75, 3.05) is 12.8 Å². The monoisotopic (exact) mass is 261 g/mol. The third kappa shape index (κ3) is 2.65. The van der Waals surface area contributed by atoms with E-state index in [1.54, 1.807) is 12.1 Å². The van der Waals surface area contributed by atoms with Crippen LogP contribution in [0, 0.1) is 5.82 Å². The zero-order valence-electron chi connectivity index (χ0n) is 11.0. The van der Waals surface area contributed by atoms with Crippen LogP contribution in [0.4, 0.5) is 10.2 Å². The minimum Gasteiger partial charge on any atom is -0.497 e. The minimum atomic E-state index is -0.380. The summed E-state index contributed by atoms with van der Waals surface area (Å²) in [5, 5.41) is 0. The summed E-state index contributed by atoms with van der Waals surface area (Å²) in [4.78, 5) is 8.14. The first-order chi connectivity index (χ1) is 9.17. The highest BCUT2D eigenvalue weighted by molar-refractivity contribution is 5.68. The van der Waals surface area contributed by atoms with Gasteiger partial charge in [0.1, 0.15) is 23.7 Å². The average Bonchev–Trinajstić information content (AvgIpc) is 2.41. The molecule has 0 aliphatic heterocycles. The van der Waals surface area contributed by atoms with Crippen molar-refractivity contribution in [1.82, 2.24) is 9.97 Å². The van der Waals surface area contributed by atoms with Gasteiger partial charge in [-0.15, -0.1) is 0 Å². The van der Waals surface area contributed by atoms with Crippen LogP contribution >= 0.6 is 0 Å². The molecule has 0 bridgehead atoms. The number of ether oxygens (including phenoxy) is 1. The maximum absolute atomic E-state index is 14.1. The van der Waals surface area contributed by atoms with Crippen molar-refractivity contribution in [2.45, 2.75) is 19.8 Å². The van der Waals surface area contributed by atoms with E-state index < -0.39 is 0 Å². The number of nitrogen functional groups attached to an aromatic ring is 1. The van der Waals surface area contributed by atoms with Crippen molar-refractivity contribution < 1.29 is 9.13 Å². The fourth-order valence-electron chi connectivity index (χ4n) is 1.97. The molecule has 1 aromatic heterocycles. The molecule has 5 heteroatoms. The van der Waals surface area contributed by atoms with Gasteiger partial charge in [0, 0.05) is 17.2 Å². The Hall–Kier alpha value is -2.17. The number of halogens is 1. The summed E-state index contributed by atoms with van der Waals surface area (Å²) < 4.78 is 19.1. The molecule has 0 saturated heterocycles. The van der Waals surface area contributed by atoms with Gasteiger partial charge in [0.05, 0.1) is 12.8 Å². The van der Waals surface area contributed by atoms with Crippen molar-refractivity contribution in [3.63, 3.8) is 0 Å². The zero-order valence-corrected chi connectivity index (χ0v) is 11.0. The predicted molar refractivity (Wildman–Crippen MR) is 72.4 cm³/mol. The molecule has 0 spiro atoms. The number of aromatic nitrogens is 2. The summed E-state index contributed by atoms with van der Waals surface area (Å²) in [5.74, 6) is 0.497. The van der Waals surface area contributed by atoms with E-state index in [0.29, 0.717) is 29.2 Å². The van der Waals surface area contributed by atoms with Crippen LogP contribution in [0.15, 0.2) is 24.5 Å². The van der Waals surface area contributed by atoms with E-state index in [4.69, 9.17) is 10.5 Å². The molecular weight excluding hydrogens is 245 g/mol. The molecule has 100 valence electrons. The molecule has 0 atom stereocenters. The molecule has 0 fully saturated rings. The molecule has 0 unspecified atom stereocenters. The Kier molecular flexibility index (Phi) is 3.94. The van der Waals surface area contributed by atoms with E-state index in [9.17, 15) is 4.39 Å². The van der Waals surface area contributed by atoms with Crippen molar-refractivity contribution in [3.8, 4) is 17.0 Å². The summed E-state index contributed by atoms with van der Waals surface area (Å²) >= 11 is 0. The number of benzene rings is 1. The first-order valence-electron chi connectivity index (χ1n) is 6.10. The molecule has 0 aliphatic rings. The smallest absolute Gasteiger partial charge is 0.136 e. The molecule has 19 heavy (non-hydrogen) atoms. The Morgan fingerprint density at radius 1 is 1.32 bits per heavy atom. The van der Waals surface area contributed by atoms with Gasteiger partial charge in [0.15, 0.2) is 0 Å². The highest BCUT2D eigenvalue weighted by atomic mass is 19.1. The Labute approximate surface area is 111 Å². The lowest BCUT2D eigenvalue weighted by atomic mass is 10.0. The fourth-order valence-corrected chi connectivity index (χ4v) is 1.97. The summed E-state index contributed by atoms with van der Waals surface area (Å²) in [6.07, 6.45) is 2.96. The quantitative estimate of drug-likeness (QED) is 0.919. The highest BCUT2D eigenvalue weighted by Gasteiger charge is 2.14. The average molecular weight is 261 g/mol. The number of hydrogen-bond acceptors (Lipinski definition) is 4. The van der Waals surface area contributed by atoms with Crippen LogP contribution < -0.4 is 10.5 Å². The first-order valence-corrected chi connectivity index (χ1v) is 6.10. The standard InChI is InChI=1S/C14H16FN3O/c1-3-4-11-13(17-8-18-14(11)16)10-6-5-9(19-2)7-12(10)15/h5-8H,3-4H2,1-2H3,(H2,16,17,18). The molecule has 0 saturated carbocycles. The van der Waals surface area contributed by atoms with E-state index >= 15 is 0 Å². The number of rotatable bonds is 4. The molecule has 1 heterocycles. The topological polar surface area (TPSA) is 61.0 Å². The minimum absolute atomic E-state index is 0.380. The summed E-state index contributed by atoms with van der Waals surface area (Å²) in [6, 6.07) is 4.69. The Bertz CT molecular complexity index is 587. The van der Waals surface area contributed by atoms with Crippen LogP contribution in [0.5, 0.6) is 5.75 Å². The Morgan fingerprint density at radius 3 is 2.74 bits per heavy atom. The van der Waals surface area contributed by atoms with Crippen molar-refractivity contribution in [2.24, 2.45) is 0 Å². The second-order valence-corrected chi connectivity index (χ2v) is 4.18. The van der Waals surface area contributed by atoms with Crippen molar-refractivity contribution in [1.29, 1.82) is 0 Å². The molecule has 0 amide bonds. The summed E-state index contributed by atoms with van der Waals surface area (Å²) in [7, 11) is 1.50. The van der Waals surface area contributed by atoms with Crippen LogP contribution in [-0.4, -0.2) is 17.1 Å². The third-order valence-corrected chi connectivity index (χ3v) is 2.91. The van der Waals surface area contributed by atoms with E-state index in [-0.39, 0.29) is 5.82 Å². The van der Waals surface area contributed by atoms with Crippen LogP contribution in [0.3, 0.4) is 0 Å². The van der Waals surface area contributed by atoms with Gasteiger partial charge < -0.3 is 10.5 Å². The lowest BCUT2D eigenvalue weighted by molar-refractivity contribution is 0.411. The van der Waals surface area contributed by atoms with Crippen molar-refractivity contribution >= 4 is 5.82 Å². The Morgan fingerprint density at radius 2 is 2.11 bits per heavy atom. The highest BCUT2D eigenvalue weighted by Crippen LogP contribution is 2.29. The van der Waals surface area contributed by atoms with Crippen LogP contribution in [-0.2, 0) is 6.42 Å². The van der Waals surface area contributed by atoms with E-state index in [1.165, 1.54) is 19.5 Å². The van der Waals surface area contributed by atoms with E-state index in [0.717, 1.165) is 12.0 Å². The fraction of sp³-hybridized carbons (Fsp3) is 0.286. The number of anilines is 1. The number of nitrogens with two attached hydrogens (primary N) is 1. The van der Waals surface area contributed by atoms with E-state index in [2.05, 4.69) is 9.97 Å². The molecule has 2 N–H and O–H groups in total. The van der Waals surface area contributed by atoms with Gasteiger partial charge in [0.25, 0.3) is 0 Å². The first kappa shape index (κ1) is 13.3. The van der Waals surface area contributed by atoms with E-state index in [1.807, 2.05) is 6.92 Å². The molecule has 2 rings (SSSR count). The maximum Gasteiger partial charge on any atom is 0.136 e. The number of methoxy groups -OCH3 is 1. The SMILES string of the molecule is CCCc1c(N)ncnc1-c1ccc(OC)cc1F. The summed E-state index contributed by atoms with van der Waals surface area (Å²) in [6.45, 7) is 2.03. The van der Waals surface area contributed by atoms with Crippen LogP contribution in [0.2, 0.25) is 0 Å². The molecule has 0 radical (unpaired) electrons. The number of nitrogens with zero attached hydrogens (tertiary/aromatic N) is 2. The van der Waals surface area contributed by atoms with Gasteiger partial charge in [-0.25, -0.2) is 14.4 Å².